The first kappa shape index (κ1) is 17.8. The molecule has 6 nitrogen and oxygen atoms in total. The molecule has 1 aromatic rings. The number of piperidine rings is 1. The van der Waals surface area contributed by atoms with E-state index in [9.17, 15) is 15.0 Å². The summed E-state index contributed by atoms with van der Waals surface area (Å²) in [6.07, 6.45) is 5.57. The Morgan fingerprint density at radius 2 is 2.39 bits per heavy atom. The average molecular weight is 321 g/mol. The van der Waals surface area contributed by atoms with Gasteiger partial charge in [0.1, 0.15) is 0 Å². The lowest BCUT2D eigenvalue weighted by Crippen LogP contribution is -2.54. The summed E-state index contributed by atoms with van der Waals surface area (Å²) in [4.78, 5) is 18.1. The Labute approximate surface area is 137 Å². The zero-order chi connectivity index (χ0) is 16.7. The van der Waals surface area contributed by atoms with Gasteiger partial charge in [-0.25, -0.2) is 0 Å². The van der Waals surface area contributed by atoms with Gasteiger partial charge in [0.2, 0.25) is 5.91 Å². The zero-order valence-corrected chi connectivity index (χ0v) is 13.7. The van der Waals surface area contributed by atoms with Gasteiger partial charge in [-0.2, -0.15) is 0 Å². The van der Waals surface area contributed by atoms with Gasteiger partial charge in [-0.3, -0.25) is 9.78 Å². The Hall–Kier alpha value is -1.50. The second kappa shape index (κ2) is 8.38. The lowest BCUT2D eigenvalue weighted by atomic mass is 9.74. The molecule has 2 rings (SSSR count). The van der Waals surface area contributed by atoms with E-state index in [1.807, 2.05) is 0 Å². The van der Waals surface area contributed by atoms with Crippen LogP contribution in [-0.4, -0.2) is 58.3 Å². The summed E-state index contributed by atoms with van der Waals surface area (Å²) in [5.74, 6) is -0.0470. The standard InChI is InChI=1S/C17H27N3O3/c1-2-7-17(13-21)12-20(9-5-15(17)22)10-6-16(23)19-14-4-3-8-18-11-14/h3-4,8,11,15,21-22H,2,5-7,9-10,12-13H2,1H3,(H,19,23)/t15-,17+/m0/s1. The van der Waals surface area contributed by atoms with Gasteiger partial charge in [0.15, 0.2) is 0 Å². The van der Waals surface area contributed by atoms with Crippen molar-refractivity contribution in [1.29, 1.82) is 0 Å². The van der Waals surface area contributed by atoms with E-state index >= 15 is 0 Å². The van der Waals surface area contributed by atoms with Crippen LogP contribution in [0.3, 0.4) is 0 Å². The number of nitrogens with zero attached hydrogens (tertiary/aromatic N) is 2. The summed E-state index contributed by atoms with van der Waals surface area (Å²) >= 11 is 0. The smallest absolute Gasteiger partial charge is 0.225 e. The van der Waals surface area contributed by atoms with Gasteiger partial charge < -0.3 is 20.4 Å². The minimum Gasteiger partial charge on any atom is -0.396 e. The Kier molecular flexibility index (Phi) is 6.50. The molecule has 0 unspecified atom stereocenters. The minimum absolute atomic E-state index is 0.0135. The van der Waals surface area contributed by atoms with Crippen molar-refractivity contribution in [2.75, 3.05) is 31.6 Å². The van der Waals surface area contributed by atoms with Crippen LogP contribution in [0.2, 0.25) is 0 Å². The number of carbonyl (C=O) groups is 1. The largest absolute Gasteiger partial charge is 0.396 e. The van der Waals surface area contributed by atoms with Crippen LogP contribution in [0.5, 0.6) is 0 Å². The van der Waals surface area contributed by atoms with Gasteiger partial charge in [0.05, 0.1) is 24.6 Å². The molecule has 1 aromatic heterocycles. The predicted molar refractivity (Wildman–Crippen MR) is 89.0 cm³/mol. The second-order valence-electron chi connectivity index (χ2n) is 6.39. The summed E-state index contributed by atoms with van der Waals surface area (Å²) < 4.78 is 0. The van der Waals surface area contributed by atoms with E-state index in [0.29, 0.717) is 31.6 Å². The van der Waals surface area contributed by atoms with Crippen molar-refractivity contribution in [1.82, 2.24) is 9.88 Å². The quantitative estimate of drug-likeness (QED) is 0.704. The summed E-state index contributed by atoms with van der Waals surface area (Å²) in [7, 11) is 0. The maximum atomic E-state index is 12.0. The Bertz CT molecular complexity index is 497. The fourth-order valence-electron chi connectivity index (χ4n) is 3.33. The van der Waals surface area contributed by atoms with Crippen LogP contribution >= 0.6 is 0 Å². The molecule has 0 radical (unpaired) electrons. The molecule has 0 spiro atoms. The number of likely N-dealkylation sites (tertiary alicyclic amines) is 1. The third kappa shape index (κ3) is 4.73. The van der Waals surface area contributed by atoms with Crippen LogP contribution in [0, 0.1) is 5.41 Å². The van der Waals surface area contributed by atoms with Gasteiger partial charge in [-0.05, 0) is 25.0 Å². The highest BCUT2D eigenvalue weighted by Gasteiger charge is 2.41. The zero-order valence-electron chi connectivity index (χ0n) is 13.7. The highest BCUT2D eigenvalue weighted by molar-refractivity contribution is 5.90. The van der Waals surface area contributed by atoms with Crippen LogP contribution in [0.15, 0.2) is 24.5 Å². The third-order valence-electron chi connectivity index (χ3n) is 4.63. The molecule has 0 saturated carbocycles. The number of hydrogen-bond donors (Lipinski definition) is 3. The molecule has 1 fully saturated rings. The van der Waals surface area contributed by atoms with E-state index in [4.69, 9.17) is 0 Å². The number of nitrogens with one attached hydrogen (secondary N) is 1. The first-order valence-electron chi connectivity index (χ1n) is 8.31. The Morgan fingerprint density at radius 1 is 1.57 bits per heavy atom. The summed E-state index contributed by atoms with van der Waals surface area (Å²) in [5.41, 5.74) is 0.245. The number of aromatic nitrogens is 1. The van der Waals surface area contributed by atoms with Crippen LogP contribution < -0.4 is 5.32 Å². The molecule has 128 valence electrons. The van der Waals surface area contributed by atoms with Crippen molar-refractivity contribution in [3.05, 3.63) is 24.5 Å². The Morgan fingerprint density at radius 3 is 3.04 bits per heavy atom. The highest BCUT2D eigenvalue weighted by Crippen LogP contribution is 2.34. The van der Waals surface area contributed by atoms with E-state index in [1.165, 1.54) is 0 Å². The van der Waals surface area contributed by atoms with Gasteiger partial charge in [0, 0.05) is 37.7 Å². The molecule has 2 atom stereocenters. The maximum Gasteiger partial charge on any atom is 0.225 e. The van der Waals surface area contributed by atoms with Gasteiger partial charge >= 0.3 is 0 Å². The summed E-state index contributed by atoms with van der Waals surface area (Å²) in [5, 5.41) is 22.9. The van der Waals surface area contributed by atoms with Crippen LogP contribution in [-0.2, 0) is 4.79 Å². The molecule has 6 heteroatoms. The lowest BCUT2D eigenvalue weighted by molar-refractivity contribution is -0.117. The van der Waals surface area contributed by atoms with E-state index in [0.717, 1.165) is 19.4 Å². The molecule has 23 heavy (non-hydrogen) atoms. The number of amides is 1. The number of hydrogen-bond acceptors (Lipinski definition) is 5. The van der Waals surface area contributed by atoms with E-state index in [1.54, 1.807) is 24.5 Å². The van der Waals surface area contributed by atoms with Crippen LogP contribution in [0.1, 0.15) is 32.6 Å². The molecule has 1 aliphatic heterocycles. The molecular weight excluding hydrogens is 294 g/mol. The topological polar surface area (TPSA) is 85.7 Å². The number of carbonyl (C=O) groups excluding carboxylic acids is 1. The van der Waals surface area contributed by atoms with E-state index in [2.05, 4.69) is 22.1 Å². The predicted octanol–water partition coefficient (Wildman–Crippen LogP) is 1.26. The third-order valence-corrected chi connectivity index (χ3v) is 4.63. The minimum atomic E-state index is -0.465. The fraction of sp³-hybridized carbons (Fsp3) is 0.647. The van der Waals surface area contributed by atoms with E-state index < -0.39 is 11.5 Å². The first-order chi connectivity index (χ1) is 11.1. The number of aliphatic hydroxyl groups is 2. The summed E-state index contributed by atoms with van der Waals surface area (Å²) in [6.45, 7) is 4.07. The van der Waals surface area contributed by atoms with Gasteiger partial charge in [0.25, 0.3) is 0 Å². The van der Waals surface area contributed by atoms with Crippen molar-refractivity contribution in [3.8, 4) is 0 Å². The molecule has 2 heterocycles. The molecule has 1 saturated heterocycles. The number of rotatable bonds is 7. The molecule has 0 aromatic carbocycles. The maximum absolute atomic E-state index is 12.0. The summed E-state index contributed by atoms with van der Waals surface area (Å²) in [6, 6.07) is 3.59. The molecule has 1 aliphatic rings. The normalized spacial score (nSPS) is 25.3. The molecule has 1 amide bonds. The SMILES string of the molecule is CCC[C@]1(CO)CN(CCC(=O)Nc2cccnc2)CC[C@@H]1O. The van der Waals surface area contributed by atoms with Crippen LogP contribution in [0.25, 0.3) is 0 Å². The molecule has 3 N–H and O–H groups in total. The number of pyridine rings is 1. The van der Waals surface area contributed by atoms with Gasteiger partial charge in [-0.15, -0.1) is 0 Å². The molecule has 0 bridgehead atoms. The van der Waals surface area contributed by atoms with Crippen molar-refractivity contribution in [3.63, 3.8) is 0 Å². The van der Waals surface area contributed by atoms with E-state index in [-0.39, 0.29) is 12.5 Å². The lowest BCUT2D eigenvalue weighted by Gasteiger charge is -2.45. The second-order valence-corrected chi connectivity index (χ2v) is 6.39. The Balaban J connectivity index is 1.84. The van der Waals surface area contributed by atoms with Crippen molar-refractivity contribution in [2.45, 2.75) is 38.7 Å². The first-order valence-corrected chi connectivity index (χ1v) is 8.31. The highest BCUT2D eigenvalue weighted by atomic mass is 16.3. The average Bonchev–Trinajstić information content (AvgIpc) is 2.57. The number of aliphatic hydroxyl groups excluding tert-OH is 2. The molecular formula is C17H27N3O3. The van der Waals surface area contributed by atoms with Gasteiger partial charge in [-0.1, -0.05) is 13.3 Å². The van der Waals surface area contributed by atoms with Crippen molar-refractivity contribution < 1.29 is 15.0 Å². The monoisotopic (exact) mass is 321 g/mol. The van der Waals surface area contributed by atoms with Crippen LogP contribution in [0.4, 0.5) is 5.69 Å². The molecule has 0 aliphatic carbocycles. The van der Waals surface area contributed by atoms with Crippen molar-refractivity contribution in [2.24, 2.45) is 5.41 Å². The van der Waals surface area contributed by atoms with Crippen molar-refractivity contribution >= 4 is 11.6 Å². The number of anilines is 1. The fourth-order valence-corrected chi connectivity index (χ4v) is 3.33.